The molecule has 1 aliphatic rings. The van der Waals surface area contributed by atoms with E-state index in [4.69, 9.17) is 10.5 Å². The average molecular weight is 355 g/mol. The van der Waals surface area contributed by atoms with Gasteiger partial charge in [0.25, 0.3) is 0 Å². The summed E-state index contributed by atoms with van der Waals surface area (Å²) in [7, 11) is -2.35. The van der Waals surface area contributed by atoms with Crippen LogP contribution in [0.15, 0.2) is 17.0 Å². The van der Waals surface area contributed by atoms with E-state index in [1.807, 2.05) is 6.92 Å². The van der Waals surface area contributed by atoms with E-state index in [-0.39, 0.29) is 23.4 Å². The Labute approximate surface area is 143 Å². The van der Waals surface area contributed by atoms with Crippen LogP contribution in [0.2, 0.25) is 0 Å². The summed E-state index contributed by atoms with van der Waals surface area (Å²) in [6.45, 7) is 5.94. The van der Waals surface area contributed by atoms with E-state index in [0.29, 0.717) is 24.3 Å². The summed E-state index contributed by atoms with van der Waals surface area (Å²) in [5.41, 5.74) is 7.40. The van der Waals surface area contributed by atoms with Gasteiger partial charge >= 0.3 is 0 Å². The minimum atomic E-state index is -3.85. The number of sulfonamides is 1. The van der Waals surface area contributed by atoms with Gasteiger partial charge in [-0.05, 0) is 38.3 Å². The number of benzene rings is 1. The molecule has 1 heterocycles. The van der Waals surface area contributed by atoms with Crippen molar-refractivity contribution >= 4 is 15.9 Å². The van der Waals surface area contributed by atoms with Crippen molar-refractivity contribution in [3.05, 3.63) is 23.3 Å². The molecule has 1 saturated heterocycles. The monoisotopic (exact) mass is 355 g/mol. The maximum atomic E-state index is 13.1. The number of likely N-dealkylation sites (N-methyl/N-ethyl adjacent to an activating group) is 1. The first-order chi connectivity index (χ1) is 11.2. The molecule has 134 valence electrons. The number of ether oxygens (including phenoxy) is 1. The summed E-state index contributed by atoms with van der Waals surface area (Å²) in [6.07, 6.45) is 0.313. The van der Waals surface area contributed by atoms with Crippen LogP contribution in [-0.4, -0.2) is 50.9 Å². The van der Waals surface area contributed by atoms with Crippen molar-refractivity contribution in [3.8, 4) is 5.75 Å². The summed E-state index contributed by atoms with van der Waals surface area (Å²) in [5.74, 6) is 0.183. The van der Waals surface area contributed by atoms with Crippen molar-refractivity contribution in [2.24, 2.45) is 5.73 Å². The Bertz CT molecular complexity index is 733. The molecule has 24 heavy (non-hydrogen) atoms. The van der Waals surface area contributed by atoms with Crippen LogP contribution in [0.4, 0.5) is 0 Å². The number of nitrogens with zero attached hydrogens (tertiary/aromatic N) is 1. The minimum Gasteiger partial charge on any atom is -0.496 e. The summed E-state index contributed by atoms with van der Waals surface area (Å²) < 4.78 is 32.7. The number of amides is 1. The molecule has 0 aromatic heterocycles. The standard InChI is InChI=1S/C16H25N3O4S/c1-5-18-16(20)13-7-12(17)9-19(13)24(21,22)15-8-14(23-4)10(2)6-11(15)3/h6,8,12-13H,5,7,9,17H2,1-4H3,(H,18,20)/t12-,13+/m1/s1. The number of hydrogen-bond acceptors (Lipinski definition) is 5. The molecule has 0 aliphatic carbocycles. The van der Waals surface area contributed by atoms with Crippen molar-refractivity contribution in [2.75, 3.05) is 20.2 Å². The molecule has 3 N–H and O–H groups in total. The highest BCUT2D eigenvalue weighted by Crippen LogP contribution is 2.31. The van der Waals surface area contributed by atoms with Gasteiger partial charge in [-0.2, -0.15) is 4.31 Å². The van der Waals surface area contributed by atoms with E-state index in [0.717, 1.165) is 5.56 Å². The lowest BCUT2D eigenvalue weighted by Crippen LogP contribution is -2.46. The van der Waals surface area contributed by atoms with Crippen LogP contribution >= 0.6 is 0 Å². The Morgan fingerprint density at radius 3 is 2.62 bits per heavy atom. The van der Waals surface area contributed by atoms with E-state index < -0.39 is 16.1 Å². The third-order valence-electron chi connectivity index (χ3n) is 4.22. The molecule has 1 amide bonds. The smallest absolute Gasteiger partial charge is 0.244 e. The Morgan fingerprint density at radius 1 is 1.38 bits per heavy atom. The molecule has 2 atom stereocenters. The Kier molecular flexibility index (Phi) is 5.52. The maximum absolute atomic E-state index is 13.1. The van der Waals surface area contributed by atoms with E-state index >= 15 is 0 Å². The van der Waals surface area contributed by atoms with Gasteiger partial charge in [0.2, 0.25) is 15.9 Å². The molecule has 0 radical (unpaired) electrons. The van der Waals surface area contributed by atoms with Crippen molar-refractivity contribution in [3.63, 3.8) is 0 Å². The quantitative estimate of drug-likeness (QED) is 0.803. The lowest BCUT2D eigenvalue weighted by molar-refractivity contribution is -0.124. The Balaban J connectivity index is 2.47. The maximum Gasteiger partial charge on any atom is 0.244 e. The Hall–Kier alpha value is -1.64. The molecule has 8 heteroatoms. The first-order valence-corrected chi connectivity index (χ1v) is 9.36. The van der Waals surface area contributed by atoms with Gasteiger partial charge in [0.1, 0.15) is 11.8 Å². The van der Waals surface area contributed by atoms with E-state index in [1.165, 1.54) is 17.5 Å². The molecule has 0 spiro atoms. The molecule has 0 unspecified atom stereocenters. The van der Waals surface area contributed by atoms with E-state index in [9.17, 15) is 13.2 Å². The zero-order valence-corrected chi connectivity index (χ0v) is 15.3. The lowest BCUT2D eigenvalue weighted by atomic mass is 10.1. The van der Waals surface area contributed by atoms with Crippen LogP contribution < -0.4 is 15.8 Å². The van der Waals surface area contributed by atoms with Gasteiger partial charge in [0, 0.05) is 25.2 Å². The second-order valence-corrected chi connectivity index (χ2v) is 7.93. The average Bonchev–Trinajstić information content (AvgIpc) is 2.90. The van der Waals surface area contributed by atoms with Gasteiger partial charge in [-0.25, -0.2) is 8.42 Å². The number of nitrogens with two attached hydrogens (primary N) is 1. The van der Waals surface area contributed by atoms with Crippen LogP contribution in [0.5, 0.6) is 5.75 Å². The van der Waals surface area contributed by atoms with Gasteiger partial charge in [0.05, 0.1) is 12.0 Å². The van der Waals surface area contributed by atoms with Crippen molar-refractivity contribution in [1.29, 1.82) is 0 Å². The first-order valence-electron chi connectivity index (χ1n) is 7.92. The zero-order chi connectivity index (χ0) is 18.1. The van der Waals surface area contributed by atoms with E-state index in [2.05, 4.69) is 5.32 Å². The molecule has 1 aliphatic heterocycles. The summed E-state index contributed by atoms with van der Waals surface area (Å²) in [5, 5.41) is 2.68. The second-order valence-electron chi connectivity index (χ2n) is 6.07. The largest absolute Gasteiger partial charge is 0.496 e. The minimum absolute atomic E-state index is 0.125. The predicted octanol–water partition coefficient (Wildman–Crippen LogP) is 0.538. The number of methoxy groups -OCH3 is 1. The fourth-order valence-electron chi connectivity index (χ4n) is 3.07. The molecule has 7 nitrogen and oxygen atoms in total. The van der Waals surface area contributed by atoms with Gasteiger partial charge in [-0.3, -0.25) is 4.79 Å². The predicted molar refractivity (Wildman–Crippen MR) is 91.4 cm³/mol. The molecule has 0 saturated carbocycles. The van der Waals surface area contributed by atoms with Crippen molar-refractivity contribution in [2.45, 2.75) is 44.2 Å². The highest BCUT2D eigenvalue weighted by Gasteiger charge is 2.43. The number of carbonyl (C=O) groups is 1. The van der Waals surface area contributed by atoms with Crippen molar-refractivity contribution in [1.82, 2.24) is 9.62 Å². The number of rotatable bonds is 5. The molecular formula is C16H25N3O4S. The van der Waals surface area contributed by atoms with Crippen LogP contribution in [0.3, 0.4) is 0 Å². The number of carbonyl (C=O) groups excluding carboxylic acids is 1. The van der Waals surface area contributed by atoms with Crippen LogP contribution in [0.25, 0.3) is 0 Å². The number of hydrogen-bond donors (Lipinski definition) is 2. The number of nitrogens with one attached hydrogen (secondary N) is 1. The highest BCUT2D eigenvalue weighted by molar-refractivity contribution is 7.89. The zero-order valence-electron chi connectivity index (χ0n) is 14.5. The van der Waals surface area contributed by atoms with Gasteiger partial charge < -0.3 is 15.8 Å². The third kappa shape index (κ3) is 3.40. The molecule has 1 aromatic rings. The molecule has 1 aromatic carbocycles. The molecular weight excluding hydrogens is 330 g/mol. The fourth-order valence-corrected chi connectivity index (χ4v) is 4.95. The van der Waals surface area contributed by atoms with E-state index in [1.54, 1.807) is 19.9 Å². The SMILES string of the molecule is CCNC(=O)[C@@H]1C[C@@H](N)CN1S(=O)(=O)c1cc(OC)c(C)cc1C. The highest BCUT2D eigenvalue weighted by atomic mass is 32.2. The Morgan fingerprint density at radius 2 is 2.04 bits per heavy atom. The lowest BCUT2D eigenvalue weighted by Gasteiger charge is -2.24. The second kappa shape index (κ2) is 7.08. The topological polar surface area (TPSA) is 102 Å². The molecule has 1 fully saturated rings. The molecule has 2 rings (SSSR count). The third-order valence-corrected chi connectivity index (χ3v) is 6.24. The molecule has 0 bridgehead atoms. The fraction of sp³-hybridized carbons (Fsp3) is 0.562. The van der Waals surface area contributed by atoms with Crippen molar-refractivity contribution < 1.29 is 17.9 Å². The summed E-state index contributed by atoms with van der Waals surface area (Å²) in [6, 6.07) is 2.14. The van der Waals surface area contributed by atoms with Crippen LogP contribution in [0, 0.1) is 13.8 Å². The van der Waals surface area contributed by atoms with Gasteiger partial charge in [-0.15, -0.1) is 0 Å². The van der Waals surface area contributed by atoms with Crippen LogP contribution in [-0.2, 0) is 14.8 Å². The van der Waals surface area contributed by atoms with Gasteiger partial charge in [-0.1, -0.05) is 6.07 Å². The van der Waals surface area contributed by atoms with Gasteiger partial charge in [0.15, 0.2) is 0 Å². The summed E-state index contributed by atoms with van der Waals surface area (Å²) in [4.78, 5) is 12.4. The normalized spacial score (nSPS) is 21.7. The summed E-state index contributed by atoms with van der Waals surface area (Å²) >= 11 is 0. The first kappa shape index (κ1) is 18.7. The number of aryl methyl sites for hydroxylation is 2. The van der Waals surface area contributed by atoms with Crippen LogP contribution in [0.1, 0.15) is 24.5 Å².